The number of hydrogen-bond acceptors (Lipinski definition) is 4. The largest absolute Gasteiger partial charge is 0.461 e. The van der Waals surface area contributed by atoms with Gasteiger partial charge >= 0.3 is 5.97 Å². The molecule has 5 heteroatoms. The van der Waals surface area contributed by atoms with E-state index in [2.05, 4.69) is 4.98 Å². The number of aryl methyl sites for hydroxylation is 2. The maximum Gasteiger partial charge on any atom is 0.357 e. The number of aromatic nitrogens is 2. The predicted octanol–water partition coefficient (Wildman–Crippen LogP) is 2.19. The summed E-state index contributed by atoms with van der Waals surface area (Å²) in [6.07, 6.45) is 1.91. The van der Waals surface area contributed by atoms with Crippen LogP contribution in [0.1, 0.15) is 28.0 Å². The number of rotatable bonds is 2. The smallest absolute Gasteiger partial charge is 0.357 e. The van der Waals surface area contributed by atoms with Gasteiger partial charge in [-0.3, -0.25) is 4.40 Å². The zero-order valence-corrected chi connectivity index (χ0v) is 9.72. The molecule has 0 atom stereocenters. The minimum atomic E-state index is -0.305. The first-order valence-electron chi connectivity index (χ1n) is 4.75. The molecule has 15 heavy (non-hydrogen) atoms. The second kappa shape index (κ2) is 3.66. The molecule has 0 fully saturated rings. The van der Waals surface area contributed by atoms with Gasteiger partial charge < -0.3 is 4.74 Å². The second-order valence-corrected chi connectivity index (χ2v) is 4.47. The standard InChI is InChI=1S/C10H12N2O2S/c1-4-14-9(13)8-7(3)11-10-12(8)5-6(2)15-10/h5H,4H2,1-3H3. The van der Waals surface area contributed by atoms with Gasteiger partial charge in [0.05, 0.1) is 12.3 Å². The van der Waals surface area contributed by atoms with Crippen molar-refractivity contribution < 1.29 is 9.53 Å². The van der Waals surface area contributed by atoms with Gasteiger partial charge in [-0.15, -0.1) is 11.3 Å². The Hall–Kier alpha value is -1.36. The molecule has 0 aliphatic rings. The third-order valence-corrected chi connectivity index (χ3v) is 2.98. The molecule has 0 bridgehead atoms. The van der Waals surface area contributed by atoms with Crippen LogP contribution in [0.25, 0.3) is 4.96 Å². The van der Waals surface area contributed by atoms with E-state index < -0.39 is 0 Å². The van der Waals surface area contributed by atoms with E-state index in [0.717, 1.165) is 15.5 Å². The number of ether oxygens (including phenoxy) is 1. The van der Waals surface area contributed by atoms with Crippen LogP contribution in [0.3, 0.4) is 0 Å². The van der Waals surface area contributed by atoms with Crippen LogP contribution in [-0.4, -0.2) is 22.0 Å². The lowest BCUT2D eigenvalue weighted by Crippen LogP contribution is -2.08. The number of esters is 1. The number of carbonyl (C=O) groups excluding carboxylic acids is 1. The number of thiazole rings is 1. The van der Waals surface area contributed by atoms with Crippen LogP contribution in [0.2, 0.25) is 0 Å². The zero-order chi connectivity index (χ0) is 11.0. The first-order chi connectivity index (χ1) is 7.13. The molecule has 0 spiro atoms. The van der Waals surface area contributed by atoms with Crippen LogP contribution in [0, 0.1) is 13.8 Å². The Bertz CT molecular complexity index is 513. The van der Waals surface area contributed by atoms with Gasteiger partial charge in [0.15, 0.2) is 10.7 Å². The summed E-state index contributed by atoms with van der Waals surface area (Å²) in [6, 6.07) is 0. The monoisotopic (exact) mass is 224 g/mol. The van der Waals surface area contributed by atoms with Gasteiger partial charge in [0, 0.05) is 11.1 Å². The van der Waals surface area contributed by atoms with Crippen molar-refractivity contribution in [3.05, 3.63) is 22.5 Å². The minimum absolute atomic E-state index is 0.305. The number of imidazole rings is 1. The molecule has 0 aliphatic carbocycles. The highest BCUT2D eigenvalue weighted by Crippen LogP contribution is 2.21. The Morgan fingerprint density at radius 2 is 2.33 bits per heavy atom. The highest BCUT2D eigenvalue weighted by Gasteiger charge is 2.18. The second-order valence-electron chi connectivity index (χ2n) is 3.26. The van der Waals surface area contributed by atoms with Crippen LogP contribution in [-0.2, 0) is 4.74 Å². The zero-order valence-electron chi connectivity index (χ0n) is 8.90. The molecule has 2 aromatic rings. The van der Waals surface area contributed by atoms with Gasteiger partial charge in [-0.2, -0.15) is 0 Å². The number of carbonyl (C=O) groups is 1. The predicted molar refractivity (Wildman–Crippen MR) is 58.5 cm³/mol. The van der Waals surface area contributed by atoms with Gasteiger partial charge in [-0.05, 0) is 20.8 Å². The molecule has 0 unspecified atom stereocenters. The molecule has 80 valence electrons. The Balaban J connectivity index is 2.56. The Morgan fingerprint density at radius 3 is 3.00 bits per heavy atom. The SMILES string of the molecule is CCOC(=O)c1c(C)nc2sc(C)cn12. The first kappa shape index (κ1) is 10.2. The fourth-order valence-electron chi connectivity index (χ4n) is 1.51. The van der Waals surface area contributed by atoms with Gasteiger partial charge in [-0.1, -0.05) is 0 Å². The van der Waals surface area contributed by atoms with Gasteiger partial charge in [0.25, 0.3) is 0 Å². The van der Waals surface area contributed by atoms with Gasteiger partial charge in [0.2, 0.25) is 0 Å². The molecule has 2 aromatic heterocycles. The summed E-state index contributed by atoms with van der Waals surface area (Å²) in [7, 11) is 0. The summed E-state index contributed by atoms with van der Waals surface area (Å²) in [6.45, 7) is 5.99. The number of hydrogen-bond donors (Lipinski definition) is 0. The highest BCUT2D eigenvalue weighted by atomic mass is 32.1. The number of fused-ring (bicyclic) bond motifs is 1. The van der Waals surface area contributed by atoms with Crippen LogP contribution in [0.4, 0.5) is 0 Å². The fraction of sp³-hybridized carbons (Fsp3) is 0.400. The molecule has 0 aliphatic heterocycles. The molecule has 0 saturated heterocycles. The van der Waals surface area contributed by atoms with E-state index in [4.69, 9.17) is 4.74 Å². The van der Waals surface area contributed by atoms with Crippen LogP contribution in [0.15, 0.2) is 6.20 Å². The summed E-state index contributed by atoms with van der Waals surface area (Å²) in [5, 5.41) is 0. The van der Waals surface area contributed by atoms with E-state index in [9.17, 15) is 4.79 Å². The lowest BCUT2D eigenvalue weighted by Gasteiger charge is -2.00. The Labute approximate surface area is 91.5 Å². The first-order valence-corrected chi connectivity index (χ1v) is 5.57. The van der Waals surface area contributed by atoms with Crippen molar-refractivity contribution in [2.45, 2.75) is 20.8 Å². The van der Waals surface area contributed by atoms with E-state index in [0.29, 0.717) is 12.3 Å². The van der Waals surface area contributed by atoms with Crippen LogP contribution >= 0.6 is 11.3 Å². The van der Waals surface area contributed by atoms with Crippen molar-refractivity contribution in [3.8, 4) is 0 Å². The minimum Gasteiger partial charge on any atom is -0.461 e. The normalized spacial score (nSPS) is 10.9. The van der Waals surface area contributed by atoms with Crippen molar-refractivity contribution in [2.75, 3.05) is 6.61 Å². The van der Waals surface area contributed by atoms with Crippen molar-refractivity contribution in [3.63, 3.8) is 0 Å². The molecule has 0 radical (unpaired) electrons. The van der Waals surface area contributed by atoms with E-state index in [1.165, 1.54) is 0 Å². The topological polar surface area (TPSA) is 43.6 Å². The van der Waals surface area contributed by atoms with Crippen molar-refractivity contribution in [1.82, 2.24) is 9.38 Å². The number of nitrogens with zero attached hydrogens (tertiary/aromatic N) is 2. The van der Waals surface area contributed by atoms with E-state index in [-0.39, 0.29) is 5.97 Å². The Kier molecular flexibility index (Phi) is 2.48. The van der Waals surface area contributed by atoms with Crippen molar-refractivity contribution in [1.29, 1.82) is 0 Å². The maximum absolute atomic E-state index is 11.7. The molecule has 0 saturated carbocycles. The lowest BCUT2D eigenvalue weighted by molar-refractivity contribution is 0.0517. The fourth-order valence-corrected chi connectivity index (χ4v) is 2.38. The molecule has 2 rings (SSSR count). The lowest BCUT2D eigenvalue weighted by atomic mass is 10.3. The van der Waals surface area contributed by atoms with Crippen LogP contribution < -0.4 is 0 Å². The molecular weight excluding hydrogens is 212 g/mol. The van der Waals surface area contributed by atoms with Crippen molar-refractivity contribution in [2.24, 2.45) is 0 Å². The third-order valence-electron chi connectivity index (χ3n) is 2.08. The Morgan fingerprint density at radius 1 is 1.60 bits per heavy atom. The van der Waals surface area contributed by atoms with E-state index in [1.54, 1.807) is 22.7 Å². The third kappa shape index (κ3) is 1.63. The molecule has 0 N–H and O–H groups in total. The van der Waals surface area contributed by atoms with Gasteiger partial charge in [-0.25, -0.2) is 9.78 Å². The van der Waals surface area contributed by atoms with Gasteiger partial charge in [0.1, 0.15) is 0 Å². The van der Waals surface area contributed by atoms with Crippen molar-refractivity contribution >= 4 is 22.3 Å². The highest BCUT2D eigenvalue weighted by molar-refractivity contribution is 7.17. The summed E-state index contributed by atoms with van der Waals surface area (Å²) in [5.74, 6) is -0.305. The molecule has 0 amide bonds. The molecule has 0 aromatic carbocycles. The van der Waals surface area contributed by atoms with E-state index in [1.807, 2.05) is 20.0 Å². The molecule has 4 nitrogen and oxygen atoms in total. The van der Waals surface area contributed by atoms with Crippen LogP contribution in [0.5, 0.6) is 0 Å². The average Bonchev–Trinajstić information content (AvgIpc) is 2.59. The quantitative estimate of drug-likeness (QED) is 0.734. The summed E-state index contributed by atoms with van der Waals surface area (Å²) >= 11 is 1.57. The molecular formula is C10H12N2O2S. The molecule has 2 heterocycles. The average molecular weight is 224 g/mol. The summed E-state index contributed by atoms with van der Waals surface area (Å²) < 4.78 is 6.79. The summed E-state index contributed by atoms with van der Waals surface area (Å²) in [5.41, 5.74) is 1.26. The maximum atomic E-state index is 11.7. The van der Waals surface area contributed by atoms with E-state index >= 15 is 0 Å². The summed E-state index contributed by atoms with van der Waals surface area (Å²) in [4.78, 5) is 18.0.